The first-order valence-corrected chi connectivity index (χ1v) is 13.5. The van der Waals surface area contributed by atoms with Gasteiger partial charge in [-0.2, -0.15) is 0 Å². The topological polar surface area (TPSA) is 107 Å². The number of carboxylic acid groups (broad SMARTS) is 1. The van der Waals surface area contributed by atoms with E-state index in [0.29, 0.717) is 26.4 Å². The maximum Gasteiger partial charge on any atom is 0.341 e. The molecule has 0 bridgehead atoms. The molecule has 10 heteroatoms. The van der Waals surface area contributed by atoms with Crippen LogP contribution in [0.1, 0.15) is 37.9 Å². The second-order valence-corrected chi connectivity index (χ2v) is 10.4. The molecule has 2 heterocycles. The van der Waals surface area contributed by atoms with E-state index in [-0.39, 0.29) is 11.7 Å². The van der Waals surface area contributed by atoms with E-state index in [9.17, 15) is 14.4 Å². The van der Waals surface area contributed by atoms with Crippen molar-refractivity contribution in [3.05, 3.63) is 90.6 Å². The van der Waals surface area contributed by atoms with Crippen molar-refractivity contribution in [1.82, 2.24) is 4.57 Å². The lowest BCUT2D eigenvalue weighted by Crippen LogP contribution is -2.40. The first-order chi connectivity index (χ1) is 17.7. The largest absolute Gasteiger partial charge is 0.482 e. The maximum atomic E-state index is 13.7. The van der Waals surface area contributed by atoms with E-state index in [1.165, 1.54) is 11.3 Å². The predicted molar refractivity (Wildman–Crippen MR) is 143 cm³/mol. The fourth-order valence-electron chi connectivity index (χ4n) is 3.92. The highest BCUT2D eigenvalue weighted by atomic mass is 32.2. The van der Waals surface area contributed by atoms with Crippen LogP contribution in [0.15, 0.2) is 74.5 Å². The summed E-state index contributed by atoms with van der Waals surface area (Å²) in [5.74, 6) is -1.14. The highest BCUT2D eigenvalue weighted by molar-refractivity contribution is 7.98. The molecule has 192 valence electrons. The van der Waals surface area contributed by atoms with Gasteiger partial charge in [0.25, 0.3) is 5.56 Å². The number of rotatable bonds is 8. The van der Waals surface area contributed by atoms with Crippen LogP contribution in [-0.2, 0) is 14.3 Å². The highest BCUT2D eigenvalue weighted by Gasteiger charge is 2.33. The summed E-state index contributed by atoms with van der Waals surface area (Å²) in [5.41, 5.74) is 2.11. The van der Waals surface area contributed by atoms with Crippen molar-refractivity contribution in [3.8, 4) is 5.75 Å². The number of benzene rings is 2. The normalized spacial score (nSPS) is 15.4. The lowest BCUT2D eigenvalue weighted by atomic mass is 9.96. The molecule has 4 rings (SSSR count). The molecule has 2 aromatic carbocycles. The Morgan fingerprint density at radius 3 is 2.43 bits per heavy atom. The number of thiazole rings is 1. The molecule has 3 aromatic rings. The van der Waals surface area contributed by atoms with Gasteiger partial charge in [0.2, 0.25) is 0 Å². The highest BCUT2D eigenvalue weighted by Crippen LogP contribution is 2.32. The van der Waals surface area contributed by atoms with Gasteiger partial charge in [-0.1, -0.05) is 35.6 Å². The van der Waals surface area contributed by atoms with Crippen LogP contribution < -0.4 is 19.6 Å². The molecule has 1 N–H and O–H groups in total. The average molecular weight is 539 g/mol. The lowest BCUT2D eigenvalue weighted by molar-refractivity contribution is -0.143. The van der Waals surface area contributed by atoms with Crippen molar-refractivity contribution in [3.63, 3.8) is 0 Å². The zero-order valence-electron chi connectivity index (χ0n) is 20.8. The Balaban J connectivity index is 1.81. The van der Waals surface area contributed by atoms with Crippen molar-refractivity contribution in [2.75, 3.05) is 12.9 Å². The lowest BCUT2D eigenvalue weighted by Gasteiger charge is -2.25. The Labute approximate surface area is 221 Å². The number of aromatic nitrogens is 1. The average Bonchev–Trinajstić information content (AvgIpc) is 3.16. The van der Waals surface area contributed by atoms with E-state index in [0.717, 1.165) is 16.0 Å². The van der Waals surface area contributed by atoms with E-state index in [4.69, 9.17) is 14.6 Å². The summed E-state index contributed by atoms with van der Waals surface area (Å²) in [6, 6.07) is 13.9. The van der Waals surface area contributed by atoms with E-state index in [1.807, 2.05) is 30.5 Å². The Kier molecular flexibility index (Phi) is 7.99. The number of hydrogen-bond donors (Lipinski definition) is 1. The van der Waals surface area contributed by atoms with Gasteiger partial charge in [-0.25, -0.2) is 14.6 Å². The van der Waals surface area contributed by atoms with Gasteiger partial charge in [0, 0.05) is 4.90 Å². The van der Waals surface area contributed by atoms with Crippen LogP contribution in [0, 0.1) is 0 Å². The smallest absolute Gasteiger partial charge is 0.341 e. The van der Waals surface area contributed by atoms with Crippen molar-refractivity contribution < 1.29 is 24.2 Å². The molecule has 0 unspecified atom stereocenters. The van der Waals surface area contributed by atoms with Gasteiger partial charge in [0.1, 0.15) is 5.75 Å². The summed E-state index contributed by atoms with van der Waals surface area (Å²) in [5, 5.41) is 8.77. The summed E-state index contributed by atoms with van der Waals surface area (Å²) in [7, 11) is 0. The van der Waals surface area contributed by atoms with Crippen molar-refractivity contribution in [2.24, 2.45) is 4.99 Å². The fourth-order valence-corrected chi connectivity index (χ4v) is 5.37. The van der Waals surface area contributed by atoms with Gasteiger partial charge in [-0.05, 0) is 68.5 Å². The molecule has 0 spiro atoms. The zero-order chi connectivity index (χ0) is 26.7. The van der Waals surface area contributed by atoms with Crippen molar-refractivity contribution in [1.29, 1.82) is 0 Å². The van der Waals surface area contributed by atoms with Gasteiger partial charge >= 0.3 is 11.9 Å². The molecule has 8 nitrogen and oxygen atoms in total. The SMILES string of the molecule is CSc1ccc([C@@H]2C(C(=O)OC(C)C)=C(C)N=c3s/c(=C\c4ccc(OCC(=O)O)cc4)c(=O)n32)cc1. The van der Waals surface area contributed by atoms with Gasteiger partial charge in [-0.3, -0.25) is 9.36 Å². The van der Waals surface area contributed by atoms with E-state index < -0.39 is 24.6 Å². The molecular weight excluding hydrogens is 512 g/mol. The van der Waals surface area contributed by atoms with Gasteiger partial charge in [-0.15, -0.1) is 11.8 Å². The van der Waals surface area contributed by atoms with Crippen LogP contribution in [0.2, 0.25) is 0 Å². The van der Waals surface area contributed by atoms with Crippen LogP contribution in [0.3, 0.4) is 0 Å². The molecule has 1 atom stereocenters. The minimum atomic E-state index is -1.06. The quantitative estimate of drug-likeness (QED) is 0.346. The van der Waals surface area contributed by atoms with Crippen LogP contribution >= 0.6 is 23.1 Å². The van der Waals surface area contributed by atoms with Crippen LogP contribution in [0.25, 0.3) is 6.08 Å². The third-order valence-corrected chi connectivity index (χ3v) is 7.28. The number of thioether (sulfide) groups is 1. The van der Waals surface area contributed by atoms with Crippen LogP contribution in [0.5, 0.6) is 5.75 Å². The number of carboxylic acids is 1. The number of allylic oxidation sites excluding steroid dienone is 1. The van der Waals surface area contributed by atoms with Crippen molar-refractivity contribution in [2.45, 2.75) is 37.8 Å². The van der Waals surface area contributed by atoms with Gasteiger partial charge in [0.15, 0.2) is 11.4 Å². The molecule has 0 aliphatic carbocycles. The molecule has 1 aromatic heterocycles. The third-order valence-electron chi connectivity index (χ3n) is 5.56. The third kappa shape index (κ3) is 5.86. The summed E-state index contributed by atoms with van der Waals surface area (Å²) < 4.78 is 12.7. The molecule has 0 saturated heterocycles. The molecule has 37 heavy (non-hydrogen) atoms. The van der Waals surface area contributed by atoms with Gasteiger partial charge < -0.3 is 14.6 Å². The minimum absolute atomic E-state index is 0.267. The number of hydrogen-bond acceptors (Lipinski definition) is 8. The number of ether oxygens (including phenoxy) is 2. The Hall–Kier alpha value is -3.63. The first kappa shape index (κ1) is 26.4. The Morgan fingerprint density at radius 2 is 1.84 bits per heavy atom. The molecular formula is C27H26N2O6S2. The molecule has 0 amide bonds. The minimum Gasteiger partial charge on any atom is -0.482 e. The number of nitrogens with zero attached hydrogens (tertiary/aromatic N) is 2. The number of fused-ring (bicyclic) bond motifs is 1. The molecule has 1 aliphatic heterocycles. The van der Waals surface area contributed by atoms with Crippen molar-refractivity contribution >= 4 is 41.1 Å². The zero-order valence-corrected chi connectivity index (χ0v) is 22.4. The Bertz CT molecular complexity index is 1530. The van der Waals surface area contributed by atoms with Crippen LogP contribution in [0.4, 0.5) is 0 Å². The standard InChI is InChI=1S/C27H26N2O6S2/c1-15(2)35-26(33)23-16(3)28-27-29(24(23)18-7-11-20(36-4)12-8-18)25(32)21(37-27)13-17-5-9-19(10-6-17)34-14-22(30)31/h5-13,15,24H,14H2,1-4H3,(H,30,31)/b21-13-/t24-/m1/s1. The number of esters is 1. The molecule has 0 fully saturated rings. The summed E-state index contributed by atoms with van der Waals surface area (Å²) in [6.07, 6.45) is 3.40. The molecule has 0 saturated carbocycles. The second-order valence-electron chi connectivity index (χ2n) is 8.56. The monoisotopic (exact) mass is 538 g/mol. The van der Waals surface area contributed by atoms with Crippen LogP contribution in [-0.4, -0.2) is 40.6 Å². The number of carbonyl (C=O) groups is 2. The summed E-state index contributed by atoms with van der Waals surface area (Å²) in [4.78, 5) is 43.7. The first-order valence-electron chi connectivity index (χ1n) is 11.5. The van der Waals surface area contributed by atoms with E-state index in [2.05, 4.69) is 4.99 Å². The predicted octanol–water partition coefficient (Wildman–Crippen LogP) is 3.37. The second kappa shape index (κ2) is 11.2. The summed E-state index contributed by atoms with van der Waals surface area (Å²) in [6.45, 7) is 4.89. The van der Waals surface area contributed by atoms with E-state index in [1.54, 1.807) is 67.4 Å². The fraction of sp³-hybridized carbons (Fsp3) is 0.259. The van der Waals surface area contributed by atoms with E-state index >= 15 is 0 Å². The maximum absolute atomic E-state index is 13.7. The summed E-state index contributed by atoms with van der Waals surface area (Å²) >= 11 is 2.85. The number of carbonyl (C=O) groups excluding carboxylic acids is 1. The Morgan fingerprint density at radius 1 is 1.16 bits per heavy atom. The van der Waals surface area contributed by atoms with Gasteiger partial charge in [0.05, 0.1) is 27.9 Å². The molecule has 0 radical (unpaired) electrons. The molecule has 1 aliphatic rings. The number of aliphatic carboxylic acids is 1.